The molecule has 2 atom stereocenters. The van der Waals surface area contributed by atoms with Gasteiger partial charge >= 0.3 is 0 Å². The average Bonchev–Trinajstić information content (AvgIpc) is 2.46. The van der Waals surface area contributed by atoms with Gasteiger partial charge in [-0.2, -0.15) is 0 Å². The van der Waals surface area contributed by atoms with Gasteiger partial charge in [-0.05, 0) is 74.5 Å². The van der Waals surface area contributed by atoms with E-state index in [1.807, 2.05) is 0 Å². The maximum atomic E-state index is 12.7. The summed E-state index contributed by atoms with van der Waals surface area (Å²) in [5.41, 5.74) is 7.06. The minimum absolute atomic E-state index is 0.202. The van der Waals surface area contributed by atoms with Crippen LogP contribution in [-0.4, -0.2) is 21.3 Å². The van der Waals surface area contributed by atoms with Crippen LogP contribution in [0.5, 0.6) is 0 Å². The first kappa shape index (κ1) is 14.7. The van der Waals surface area contributed by atoms with Gasteiger partial charge in [0.15, 0.2) is 0 Å². The number of rotatable bonds is 4. The lowest BCUT2D eigenvalue weighted by molar-refractivity contribution is -0.0631. The van der Waals surface area contributed by atoms with Gasteiger partial charge in [-0.25, -0.2) is 0 Å². The Morgan fingerprint density at radius 3 is 2.00 bits per heavy atom. The molecule has 5 saturated carbocycles. The van der Waals surface area contributed by atoms with Gasteiger partial charge in [-0.15, -0.1) is 0 Å². The fraction of sp³-hybridized carbons (Fsp3) is 1.00. The van der Waals surface area contributed by atoms with Gasteiger partial charge in [0.2, 0.25) is 0 Å². The second-order valence-corrected chi connectivity index (χ2v) is 10.5. The van der Waals surface area contributed by atoms with Crippen LogP contribution in [0.2, 0.25) is 0 Å². The fourth-order valence-corrected chi connectivity index (χ4v) is 8.29. The first-order chi connectivity index (χ1) is 10.1. The van der Waals surface area contributed by atoms with Crippen LogP contribution in [0.3, 0.4) is 0 Å². The highest BCUT2D eigenvalue weighted by molar-refractivity contribution is 7.85. The molecule has 5 rings (SSSR count). The number of hydrogen-bond donors (Lipinski definition) is 1. The summed E-state index contributed by atoms with van der Waals surface area (Å²) in [5, 5.41) is 0.457. The zero-order valence-electron chi connectivity index (χ0n) is 13.3. The molecule has 0 amide bonds. The molecule has 2 nitrogen and oxygen atoms in total. The van der Waals surface area contributed by atoms with Crippen molar-refractivity contribution in [2.75, 3.05) is 5.75 Å². The van der Waals surface area contributed by atoms with Crippen LogP contribution in [0.25, 0.3) is 0 Å². The monoisotopic (exact) mass is 309 g/mol. The smallest absolute Gasteiger partial charge is 0.0394 e. The molecule has 2 N–H and O–H groups in total. The molecule has 4 bridgehead atoms. The molecule has 120 valence electrons. The highest BCUT2D eigenvalue weighted by Gasteiger charge is 2.53. The Balaban J connectivity index is 1.42. The molecule has 0 heterocycles. The van der Waals surface area contributed by atoms with E-state index in [2.05, 4.69) is 0 Å². The Labute approximate surface area is 132 Å². The van der Waals surface area contributed by atoms with E-state index in [4.69, 9.17) is 5.73 Å². The summed E-state index contributed by atoms with van der Waals surface area (Å²) in [6.07, 6.45) is 14.7. The lowest BCUT2D eigenvalue weighted by Gasteiger charge is -2.59. The van der Waals surface area contributed by atoms with Crippen LogP contribution in [0.15, 0.2) is 0 Å². The van der Waals surface area contributed by atoms with Crippen molar-refractivity contribution in [2.24, 2.45) is 28.9 Å². The second-order valence-electron chi connectivity index (χ2n) is 8.69. The Kier molecular flexibility index (Phi) is 3.94. The van der Waals surface area contributed by atoms with E-state index in [-0.39, 0.29) is 6.04 Å². The third kappa shape index (κ3) is 2.73. The maximum absolute atomic E-state index is 12.7. The highest BCUT2D eigenvalue weighted by atomic mass is 32.2. The summed E-state index contributed by atoms with van der Waals surface area (Å²) in [7, 11) is -0.674. The predicted molar refractivity (Wildman–Crippen MR) is 88.5 cm³/mol. The fourth-order valence-electron chi connectivity index (χ4n) is 6.45. The van der Waals surface area contributed by atoms with Gasteiger partial charge in [0.1, 0.15) is 0 Å². The van der Waals surface area contributed by atoms with Gasteiger partial charge in [0.05, 0.1) is 0 Å². The van der Waals surface area contributed by atoms with Crippen LogP contribution in [0.4, 0.5) is 0 Å². The number of hydrogen-bond acceptors (Lipinski definition) is 2. The van der Waals surface area contributed by atoms with E-state index in [1.165, 1.54) is 70.6 Å². The summed E-state index contributed by atoms with van der Waals surface area (Å²) >= 11 is 0. The van der Waals surface area contributed by atoms with E-state index in [0.717, 1.165) is 23.5 Å². The van der Waals surface area contributed by atoms with Gasteiger partial charge < -0.3 is 5.73 Å². The average molecular weight is 310 g/mol. The van der Waals surface area contributed by atoms with E-state index in [9.17, 15) is 4.21 Å². The van der Waals surface area contributed by atoms with Crippen molar-refractivity contribution in [3.8, 4) is 0 Å². The van der Waals surface area contributed by atoms with Crippen molar-refractivity contribution in [3.05, 3.63) is 0 Å². The molecule has 2 unspecified atom stereocenters. The Morgan fingerprint density at radius 2 is 1.48 bits per heavy atom. The molecule has 5 aliphatic rings. The lowest BCUT2D eigenvalue weighted by atomic mass is 9.48. The number of nitrogens with two attached hydrogens (primary N) is 1. The first-order valence-corrected chi connectivity index (χ1v) is 10.7. The highest BCUT2D eigenvalue weighted by Crippen LogP contribution is 2.61. The van der Waals surface area contributed by atoms with Crippen LogP contribution < -0.4 is 5.73 Å². The standard InChI is InChI=1S/C18H31NOS/c19-17(12-21(20)16-4-2-1-3-5-16)18-9-13-6-14(10-18)8-15(7-13)11-18/h13-17H,1-12,19H2. The van der Waals surface area contributed by atoms with E-state index in [0.29, 0.717) is 10.7 Å². The summed E-state index contributed by atoms with van der Waals surface area (Å²) in [4.78, 5) is 0. The normalized spacial score (nSPS) is 45.7. The van der Waals surface area contributed by atoms with Crippen LogP contribution >= 0.6 is 0 Å². The minimum atomic E-state index is -0.674. The molecule has 0 saturated heterocycles. The van der Waals surface area contributed by atoms with Crippen molar-refractivity contribution in [1.29, 1.82) is 0 Å². The summed E-state index contributed by atoms with van der Waals surface area (Å²) in [5.74, 6) is 3.64. The van der Waals surface area contributed by atoms with Gasteiger partial charge in [0.25, 0.3) is 0 Å². The van der Waals surface area contributed by atoms with Gasteiger partial charge in [-0.3, -0.25) is 4.21 Å². The van der Waals surface area contributed by atoms with Crippen molar-refractivity contribution in [2.45, 2.75) is 81.9 Å². The predicted octanol–water partition coefficient (Wildman–Crippen LogP) is 3.61. The molecule has 0 aliphatic heterocycles. The molecule has 3 heteroatoms. The molecule has 0 aromatic heterocycles. The first-order valence-electron chi connectivity index (χ1n) is 9.27. The Hall–Kier alpha value is 0.110. The molecular formula is C18H31NOS. The zero-order chi connectivity index (χ0) is 14.4. The molecule has 0 aromatic rings. The lowest BCUT2D eigenvalue weighted by Crippen LogP contribution is -2.56. The molecule has 5 fully saturated rings. The molecule has 0 aromatic carbocycles. The van der Waals surface area contributed by atoms with Crippen LogP contribution in [0, 0.1) is 23.2 Å². The maximum Gasteiger partial charge on any atom is 0.0394 e. The molecule has 0 radical (unpaired) electrons. The largest absolute Gasteiger partial charge is 0.326 e. The Morgan fingerprint density at radius 1 is 0.952 bits per heavy atom. The van der Waals surface area contributed by atoms with Crippen LogP contribution in [0.1, 0.15) is 70.6 Å². The topological polar surface area (TPSA) is 43.1 Å². The molecule has 0 spiro atoms. The molecule has 5 aliphatic carbocycles. The molecule has 21 heavy (non-hydrogen) atoms. The van der Waals surface area contributed by atoms with Crippen LogP contribution in [-0.2, 0) is 10.8 Å². The van der Waals surface area contributed by atoms with E-state index < -0.39 is 10.8 Å². The van der Waals surface area contributed by atoms with Crippen molar-refractivity contribution < 1.29 is 4.21 Å². The second kappa shape index (κ2) is 5.63. The summed E-state index contributed by atoms with van der Waals surface area (Å²) < 4.78 is 12.7. The van der Waals surface area contributed by atoms with Crippen molar-refractivity contribution >= 4 is 10.8 Å². The quantitative estimate of drug-likeness (QED) is 0.862. The Bertz CT molecular complexity index is 380. The van der Waals surface area contributed by atoms with Gasteiger partial charge in [-0.1, -0.05) is 19.3 Å². The SMILES string of the molecule is NC(CS(=O)C1CCCCC1)C12CC3CC(CC(C3)C1)C2. The van der Waals surface area contributed by atoms with Crippen molar-refractivity contribution in [1.82, 2.24) is 0 Å². The molecular weight excluding hydrogens is 278 g/mol. The van der Waals surface area contributed by atoms with Crippen molar-refractivity contribution in [3.63, 3.8) is 0 Å². The van der Waals surface area contributed by atoms with Gasteiger partial charge in [0, 0.05) is 27.8 Å². The summed E-state index contributed by atoms with van der Waals surface area (Å²) in [6.45, 7) is 0. The zero-order valence-corrected chi connectivity index (χ0v) is 14.1. The third-order valence-corrected chi connectivity index (χ3v) is 9.04. The van der Waals surface area contributed by atoms with E-state index in [1.54, 1.807) is 0 Å². The minimum Gasteiger partial charge on any atom is -0.326 e. The van der Waals surface area contributed by atoms with E-state index >= 15 is 0 Å². The summed E-state index contributed by atoms with van der Waals surface area (Å²) in [6, 6.07) is 0.202. The third-order valence-electron chi connectivity index (χ3n) is 7.14.